The summed E-state index contributed by atoms with van der Waals surface area (Å²) in [5.74, 6) is 0.864. The fraction of sp³-hybridized carbons (Fsp3) is 0.444. The first-order chi connectivity index (χ1) is 17.2. The Labute approximate surface area is 210 Å². The van der Waals surface area contributed by atoms with Crippen LogP contribution in [0, 0.1) is 0 Å². The average Bonchev–Trinajstić information content (AvgIpc) is 3.42. The van der Waals surface area contributed by atoms with Crippen LogP contribution < -0.4 is 10.6 Å². The SMILES string of the molecule is CC(C)(C)OC(=O)N1CCc2ccc(-c3noc(-c4ccc(N5CCC(F)C5)c(N)c4)n3)cc2CC1. The third-order valence-electron chi connectivity index (χ3n) is 6.59. The fourth-order valence-corrected chi connectivity index (χ4v) is 4.74. The van der Waals surface area contributed by atoms with E-state index >= 15 is 0 Å². The van der Waals surface area contributed by atoms with Crippen molar-refractivity contribution in [2.75, 3.05) is 36.8 Å². The number of amides is 1. The Kier molecular flexibility index (Phi) is 6.32. The van der Waals surface area contributed by atoms with Crippen molar-refractivity contribution in [2.45, 2.75) is 51.8 Å². The number of fused-ring (bicyclic) bond motifs is 1. The molecule has 1 aromatic heterocycles. The maximum Gasteiger partial charge on any atom is 0.410 e. The van der Waals surface area contributed by atoms with Crippen LogP contribution in [0.4, 0.5) is 20.6 Å². The van der Waals surface area contributed by atoms with Crippen molar-refractivity contribution in [2.24, 2.45) is 0 Å². The Morgan fingerprint density at radius 3 is 2.53 bits per heavy atom. The molecule has 5 rings (SSSR count). The number of alkyl halides is 1. The van der Waals surface area contributed by atoms with Gasteiger partial charge in [-0.15, -0.1) is 0 Å². The number of rotatable bonds is 3. The van der Waals surface area contributed by atoms with Gasteiger partial charge < -0.3 is 24.8 Å². The highest BCUT2D eigenvalue weighted by Crippen LogP contribution is 2.32. The molecular weight excluding hydrogens is 461 g/mol. The van der Waals surface area contributed by atoms with Crippen LogP contribution in [0.1, 0.15) is 38.3 Å². The first-order valence-electron chi connectivity index (χ1n) is 12.4. The highest BCUT2D eigenvalue weighted by Gasteiger charge is 2.25. The van der Waals surface area contributed by atoms with Crippen molar-refractivity contribution >= 4 is 17.5 Å². The van der Waals surface area contributed by atoms with Gasteiger partial charge >= 0.3 is 6.09 Å². The first kappa shape index (κ1) is 24.1. The Hall–Kier alpha value is -3.62. The highest BCUT2D eigenvalue weighted by molar-refractivity contribution is 5.75. The van der Waals surface area contributed by atoms with E-state index in [0.29, 0.717) is 55.6 Å². The van der Waals surface area contributed by atoms with Gasteiger partial charge in [-0.2, -0.15) is 4.98 Å². The molecule has 1 amide bonds. The lowest BCUT2D eigenvalue weighted by molar-refractivity contribution is 0.0258. The molecule has 0 saturated carbocycles. The van der Waals surface area contributed by atoms with E-state index in [2.05, 4.69) is 22.3 Å². The van der Waals surface area contributed by atoms with Crippen molar-refractivity contribution < 1.29 is 18.4 Å². The monoisotopic (exact) mass is 493 g/mol. The fourth-order valence-electron chi connectivity index (χ4n) is 4.74. The number of nitrogens with zero attached hydrogens (tertiary/aromatic N) is 4. The van der Waals surface area contributed by atoms with Crippen LogP contribution in [-0.2, 0) is 17.6 Å². The van der Waals surface area contributed by atoms with Crippen LogP contribution in [0.25, 0.3) is 22.8 Å². The average molecular weight is 494 g/mol. The molecule has 0 aliphatic carbocycles. The van der Waals surface area contributed by atoms with Crippen molar-refractivity contribution in [3.05, 3.63) is 47.5 Å². The van der Waals surface area contributed by atoms with Gasteiger partial charge in [0, 0.05) is 37.3 Å². The number of halogens is 1. The summed E-state index contributed by atoms with van der Waals surface area (Å²) < 4.78 is 24.7. The molecule has 2 aliphatic heterocycles. The third-order valence-corrected chi connectivity index (χ3v) is 6.59. The second-order valence-electron chi connectivity index (χ2n) is 10.5. The topological polar surface area (TPSA) is 97.7 Å². The summed E-state index contributed by atoms with van der Waals surface area (Å²) in [5, 5.41) is 4.19. The van der Waals surface area contributed by atoms with Gasteiger partial charge in [0.1, 0.15) is 11.8 Å². The lowest BCUT2D eigenvalue weighted by atomic mass is 10.00. The molecule has 8 nitrogen and oxygen atoms in total. The molecule has 2 aromatic carbocycles. The minimum absolute atomic E-state index is 0.280. The van der Waals surface area contributed by atoms with Crippen molar-refractivity contribution in [3.8, 4) is 22.8 Å². The largest absolute Gasteiger partial charge is 0.444 e. The number of ether oxygens (including phenoxy) is 1. The number of carbonyl (C=O) groups excluding carboxylic acids is 1. The Morgan fingerprint density at radius 1 is 1.08 bits per heavy atom. The van der Waals surface area contributed by atoms with Crippen LogP contribution in [0.2, 0.25) is 0 Å². The predicted molar refractivity (Wildman–Crippen MR) is 137 cm³/mol. The van der Waals surface area contributed by atoms with Crippen LogP contribution >= 0.6 is 0 Å². The molecule has 1 fully saturated rings. The summed E-state index contributed by atoms with van der Waals surface area (Å²) in [6.45, 7) is 7.86. The van der Waals surface area contributed by atoms with Gasteiger partial charge in [0.2, 0.25) is 5.82 Å². The maximum absolute atomic E-state index is 13.6. The molecule has 0 radical (unpaired) electrons. The molecule has 2 N–H and O–H groups in total. The van der Waals surface area contributed by atoms with Gasteiger partial charge in [0.05, 0.1) is 11.4 Å². The van der Waals surface area contributed by atoms with Gasteiger partial charge in [0.25, 0.3) is 5.89 Å². The number of hydrogen-bond acceptors (Lipinski definition) is 7. The van der Waals surface area contributed by atoms with Crippen LogP contribution in [0.5, 0.6) is 0 Å². The second-order valence-corrected chi connectivity index (χ2v) is 10.5. The number of benzene rings is 2. The number of anilines is 2. The van der Waals surface area contributed by atoms with E-state index in [4.69, 9.17) is 15.0 Å². The molecule has 3 heterocycles. The molecule has 0 spiro atoms. The van der Waals surface area contributed by atoms with Crippen LogP contribution in [0.15, 0.2) is 40.9 Å². The lowest BCUT2D eigenvalue weighted by Gasteiger charge is -2.26. The Bertz CT molecular complexity index is 1270. The molecule has 190 valence electrons. The Balaban J connectivity index is 1.31. The molecular formula is C27H32FN5O3. The quantitative estimate of drug-likeness (QED) is 0.520. The predicted octanol–water partition coefficient (Wildman–Crippen LogP) is 4.87. The van der Waals surface area contributed by atoms with E-state index in [1.165, 1.54) is 5.56 Å². The number of nitrogens with two attached hydrogens (primary N) is 1. The van der Waals surface area contributed by atoms with E-state index in [1.54, 1.807) is 11.0 Å². The standard InChI is InChI=1S/C27H32FN5O3/c1-27(2,3)35-26(34)32-11-8-17-4-5-19(14-18(17)9-12-32)24-30-25(36-31-24)20-6-7-23(22(29)15-20)33-13-10-21(28)16-33/h4-7,14-15,21H,8-13,16,29H2,1-3H3. The van der Waals surface area contributed by atoms with E-state index in [1.807, 2.05) is 43.9 Å². The number of hydrogen-bond donors (Lipinski definition) is 1. The maximum atomic E-state index is 13.6. The number of carbonyl (C=O) groups is 1. The van der Waals surface area contributed by atoms with Crippen LogP contribution in [-0.4, -0.2) is 59.1 Å². The summed E-state index contributed by atoms with van der Waals surface area (Å²) in [5.41, 5.74) is 11.1. The van der Waals surface area contributed by atoms with Crippen molar-refractivity contribution in [3.63, 3.8) is 0 Å². The van der Waals surface area contributed by atoms with Gasteiger partial charge in [-0.3, -0.25) is 0 Å². The molecule has 1 unspecified atom stereocenters. The zero-order valence-electron chi connectivity index (χ0n) is 21.0. The molecule has 3 aromatic rings. The highest BCUT2D eigenvalue weighted by atomic mass is 19.1. The van der Waals surface area contributed by atoms with E-state index in [0.717, 1.165) is 29.7 Å². The van der Waals surface area contributed by atoms with E-state index in [-0.39, 0.29) is 6.09 Å². The smallest absolute Gasteiger partial charge is 0.410 e. The third kappa shape index (κ3) is 5.15. The normalized spacial score (nSPS) is 18.2. The van der Waals surface area contributed by atoms with Gasteiger partial charge in [0.15, 0.2) is 0 Å². The summed E-state index contributed by atoms with van der Waals surface area (Å²) >= 11 is 0. The van der Waals surface area contributed by atoms with E-state index < -0.39 is 11.8 Å². The summed E-state index contributed by atoms with van der Waals surface area (Å²) in [6.07, 6.45) is 0.912. The summed E-state index contributed by atoms with van der Waals surface area (Å²) in [7, 11) is 0. The summed E-state index contributed by atoms with van der Waals surface area (Å²) in [6, 6.07) is 11.7. The second kappa shape index (κ2) is 9.44. The Morgan fingerprint density at radius 2 is 1.83 bits per heavy atom. The first-order valence-corrected chi connectivity index (χ1v) is 12.4. The van der Waals surface area contributed by atoms with Crippen LogP contribution in [0.3, 0.4) is 0 Å². The van der Waals surface area contributed by atoms with Gasteiger partial charge in [-0.1, -0.05) is 17.3 Å². The minimum atomic E-state index is -0.816. The number of aromatic nitrogens is 2. The van der Waals surface area contributed by atoms with Crippen molar-refractivity contribution in [1.29, 1.82) is 0 Å². The van der Waals surface area contributed by atoms with E-state index in [9.17, 15) is 9.18 Å². The molecule has 1 atom stereocenters. The minimum Gasteiger partial charge on any atom is -0.444 e. The van der Waals surface area contributed by atoms with Gasteiger partial charge in [-0.05, 0) is 75.4 Å². The molecule has 9 heteroatoms. The number of nitrogen functional groups attached to an aromatic ring is 1. The molecule has 36 heavy (non-hydrogen) atoms. The molecule has 1 saturated heterocycles. The lowest BCUT2D eigenvalue weighted by Crippen LogP contribution is -2.38. The zero-order chi connectivity index (χ0) is 25.4. The van der Waals surface area contributed by atoms with Crippen molar-refractivity contribution in [1.82, 2.24) is 15.0 Å². The zero-order valence-corrected chi connectivity index (χ0v) is 21.0. The summed E-state index contributed by atoms with van der Waals surface area (Å²) in [4.78, 5) is 20.8. The molecule has 2 aliphatic rings. The molecule has 0 bridgehead atoms. The van der Waals surface area contributed by atoms with Gasteiger partial charge in [-0.25, -0.2) is 9.18 Å².